The molecule has 0 radical (unpaired) electrons. The van der Waals surface area contributed by atoms with Crippen LogP contribution in [0.4, 0.5) is 11.4 Å². The van der Waals surface area contributed by atoms with Crippen LogP contribution in [0.15, 0.2) is 35.0 Å². The molecule has 2 aliphatic rings. The van der Waals surface area contributed by atoms with Gasteiger partial charge >= 0.3 is 0 Å². The normalized spacial score (nSPS) is 16.8. The summed E-state index contributed by atoms with van der Waals surface area (Å²) in [5, 5.41) is 6.89. The third-order valence-corrected chi connectivity index (χ3v) is 4.69. The molecular formula is C16H14N2O2S. The summed E-state index contributed by atoms with van der Waals surface area (Å²) >= 11 is 1.70. The average molecular weight is 298 g/mol. The maximum absolute atomic E-state index is 11.7. The number of carbonyl (C=O) groups is 2. The first kappa shape index (κ1) is 12.6. The summed E-state index contributed by atoms with van der Waals surface area (Å²) in [6.07, 6.45) is 2.40. The topological polar surface area (TPSA) is 49.4 Å². The second-order valence-corrected chi connectivity index (χ2v) is 6.28. The second-order valence-electron chi connectivity index (χ2n) is 5.50. The van der Waals surface area contributed by atoms with E-state index in [0.29, 0.717) is 17.3 Å². The van der Waals surface area contributed by atoms with E-state index >= 15 is 0 Å². The number of anilines is 2. The van der Waals surface area contributed by atoms with E-state index in [4.69, 9.17) is 0 Å². The number of Topliss-reactive ketones (excluding diaryl/α,β-unsaturated/α-hetero) is 1. The van der Waals surface area contributed by atoms with Gasteiger partial charge in [-0.1, -0.05) is 0 Å². The molecule has 1 N–H and O–H groups in total. The van der Waals surface area contributed by atoms with Crippen LogP contribution in [0.2, 0.25) is 0 Å². The first-order chi connectivity index (χ1) is 10.2. The zero-order valence-corrected chi connectivity index (χ0v) is 12.2. The Labute approximate surface area is 126 Å². The molecule has 1 aromatic carbocycles. The number of hydrogen-bond donors (Lipinski definition) is 1. The number of benzene rings is 1. The Bertz CT molecular complexity index is 720. The van der Waals surface area contributed by atoms with Crippen LogP contribution in [0, 0.1) is 0 Å². The number of rotatable bonds is 4. The van der Waals surface area contributed by atoms with Crippen molar-refractivity contribution in [1.29, 1.82) is 0 Å². The van der Waals surface area contributed by atoms with Crippen molar-refractivity contribution in [3.63, 3.8) is 0 Å². The highest BCUT2D eigenvalue weighted by atomic mass is 32.1. The molecule has 0 bridgehead atoms. The number of amides is 1. The Balaban J connectivity index is 1.66. The molecule has 2 aromatic rings. The number of hydrogen-bond acceptors (Lipinski definition) is 4. The number of ketones is 1. The molecule has 1 aliphatic carbocycles. The van der Waals surface area contributed by atoms with Crippen LogP contribution in [0.25, 0.3) is 0 Å². The summed E-state index contributed by atoms with van der Waals surface area (Å²) in [7, 11) is 0. The van der Waals surface area contributed by atoms with Crippen LogP contribution in [0.1, 0.15) is 28.8 Å². The van der Waals surface area contributed by atoms with Crippen LogP contribution < -0.4 is 10.2 Å². The van der Waals surface area contributed by atoms with E-state index in [1.54, 1.807) is 17.4 Å². The Hall–Kier alpha value is -2.14. The van der Waals surface area contributed by atoms with Crippen LogP contribution >= 0.6 is 11.3 Å². The van der Waals surface area contributed by atoms with Crippen molar-refractivity contribution in [2.24, 2.45) is 0 Å². The fourth-order valence-electron chi connectivity index (χ4n) is 2.71. The lowest BCUT2D eigenvalue weighted by atomic mass is 10.1. The van der Waals surface area contributed by atoms with E-state index in [1.165, 1.54) is 18.4 Å². The summed E-state index contributed by atoms with van der Waals surface area (Å²) in [4.78, 5) is 25.5. The average Bonchev–Trinajstić information content (AvgIpc) is 3.12. The van der Waals surface area contributed by atoms with Gasteiger partial charge in [-0.15, -0.1) is 0 Å². The summed E-state index contributed by atoms with van der Waals surface area (Å²) in [5.74, 6) is -0.967. The molecule has 0 unspecified atom stereocenters. The SMILES string of the molecule is O=C1Nc2cc(N(Cc3ccsc3)C3CC3)ccc2C1=O. The molecule has 4 rings (SSSR count). The Morgan fingerprint density at radius 2 is 2.10 bits per heavy atom. The fourth-order valence-corrected chi connectivity index (χ4v) is 3.37. The van der Waals surface area contributed by atoms with Gasteiger partial charge < -0.3 is 10.2 Å². The molecule has 2 heterocycles. The molecule has 4 nitrogen and oxygen atoms in total. The summed E-state index contributed by atoms with van der Waals surface area (Å²) in [6, 6.07) is 8.33. The van der Waals surface area contributed by atoms with E-state index in [9.17, 15) is 9.59 Å². The van der Waals surface area contributed by atoms with Gasteiger partial charge in [-0.3, -0.25) is 9.59 Å². The third kappa shape index (κ3) is 2.23. The largest absolute Gasteiger partial charge is 0.364 e. The predicted molar refractivity (Wildman–Crippen MR) is 82.9 cm³/mol. The zero-order valence-electron chi connectivity index (χ0n) is 11.3. The molecule has 1 amide bonds. The fraction of sp³-hybridized carbons (Fsp3) is 0.250. The van der Waals surface area contributed by atoms with Gasteiger partial charge in [-0.05, 0) is 53.4 Å². The highest BCUT2D eigenvalue weighted by Crippen LogP contribution is 2.36. The lowest BCUT2D eigenvalue weighted by molar-refractivity contribution is -0.112. The Kier molecular flexibility index (Phi) is 2.82. The zero-order chi connectivity index (χ0) is 14.4. The molecule has 0 spiro atoms. The molecule has 1 saturated carbocycles. The van der Waals surface area contributed by atoms with Crippen molar-refractivity contribution < 1.29 is 9.59 Å². The van der Waals surface area contributed by atoms with Gasteiger partial charge in [0.2, 0.25) is 0 Å². The summed E-state index contributed by atoms with van der Waals surface area (Å²) in [5.41, 5.74) is 3.48. The van der Waals surface area contributed by atoms with Crippen molar-refractivity contribution in [1.82, 2.24) is 0 Å². The summed E-state index contributed by atoms with van der Waals surface area (Å²) in [6.45, 7) is 0.870. The number of nitrogens with zero attached hydrogens (tertiary/aromatic N) is 1. The lowest BCUT2D eigenvalue weighted by Crippen LogP contribution is -2.24. The molecule has 5 heteroatoms. The van der Waals surface area contributed by atoms with E-state index in [1.807, 2.05) is 12.1 Å². The Morgan fingerprint density at radius 1 is 1.24 bits per heavy atom. The second kappa shape index (κ2) is 4.70. The van der Waals surface area contributed by atoms with Gasteiger partial charge in [-0.2, -0.15) is 11.3 Å². The first-order valence-electron chi connectivity index (χ1n) is 7.00. The smallest absolute Gasteiger partial charge is 0.296 e. The molecule has 0 saturated heterocycles. The van der Waals surface area contributed by atoms with Crippen LogP contribution in [-0.4, -0.2) is 17.7 Å². The van der Waals surface area contributed by atoms with Gasteiger partial charge in [0.1, 0.15) is 0 Å². The molecular weight excluding hydrogens is 284 g/mol. The predicted octanol–water partition coefficient (Wildman–Crippen LogP) is 3.05. The maximum Gasteiger partial charge on any atom is 0.296 e. The highest BCUT2D eigenvalue weighted by Gasteiger charge is 2.32. The Morgan fingerprint density at radius 3 is 2.81 bits per heavy atom. The van der Waals surface area contributed by atoms with Crippen molar-refractivity contribution in [3.8, 4) is 0 Å². The number of thiophene rings is 1. The van der Waals surface area contributed by atoms with Gasteiger partial charge in [0.15, 0.2) is 0 Å². The van der Waals surface area contributed by atoms with Crippen LogP contribution in [0.3, 0.4) is 0 Å². The molecule has 1 aliphatic heterocycles. The molecule has 21 heavy (non-hydrogen) atoms. The van der Waals surface area contributed by atoms with Gasteiger partial charge in [-0.25, -0.2) is 0 Å². The molecule has 0 atom stereocenters. The minimum Gasteiger partial charge on any atom is -0.364 e. The van der Waals surface area contributed by atoms with E-state index in [0.717, 1.165) is 12.2 Å². The van der Waals surface area contributed by atoms with Crippen LogP contribution in [-0.2, 0) is 11.3 Å². The number of nitrogens with one attached hydrogen (secondary N) is 1. The minimum absolute atomic E-state index is 0.438. The third-order valence-electron chi connectivity index (χ3n) is 3.95. The molecule has 1 aromatic heterocycles. The first-order valence-corrected chi connectivity index (χ1v) is 7.94. The number of fused-ring (bicyclic) bond motifs is 1. The highest BCUT2D eigenvalue weighted by molar-refractivity contribution is 7.07. The van der Waals surface area contributed by atoms with E-state index in [2.05, 4.69) is 27.0 Å². The van der Waals surface area contributed by atoms with Gasteiger partial charge in [0.25, 0.3) is 11.7 Å². The van der Waals surface area contributed by atoms with Crippen molar-refractivity contribution in [2.45, 2.75) is 25.4 Å². The monoisotopic (exact) mass is 298 g/mol. The number of carbonyl (C=O) groups excluding carboxylic acids is 2. The maximum atomic E-state index is 11.7. The van der Waals surface area contributed by atoms with Crippen molar-refractivity contribution >= 4 is 34.4 Å². The minimum atomic E-state index is -0.530. The molecule has 1 fully saturated rings. The van der Waals surface area contributed by atoms with E-state index < -0.39 is 11.7 Å². The van der Waals surface area contributed by atoms with Crippen molar-refractivity contribution in [3.05, 3.63) is 46.2 Å². The van der Waals surface area contributed by atoms with Crippen molar-refractivity contribution in [2.75, 3.05) is 10.2 Å². The van der Waals surface area contributed by atoms with Crippen LogP contribution in [0.5, 0.6) is 0 Å². The lowest BCUT2D eigenvalue weighted by Gasteiger charge is -2.24. The van der Waals surface area contributed by atoms with Gasteiger partial charge in [0, 0.05) is 18.3 Å². The quantitative estimate of drug-likeness (QED) is 0.883. The molecule has 106 valence electrons. The van der Waals surface area contributed by atoms with E-state index in [-0.39, 0.29) is 0 Å². The summed E-state index contributed by atoms with van der Waals surface area (Å²) < 4.78 is 0. The van der Waals surface area contributed by atoms with Gasteiger partial charge in [0.05, 0.1) is 11.3 Å². The standard InChI is InChI=1S/C16H14N2O2S/c19-15-13-4-3-12(7-14(13)17-16(15)20)18(11-1-2-11)8-10-5-6-21-9-10/h3-7,9,11H,1-2,8H2,(H,17,19,20).